The number of nitrogens with zero attached hydrogens (tertiary/aromatic N) is 1. The Morgan fingerprint density at radius 2 is 1.64 bits per heavy atom. The summed E-state index contributed by atoms with van der Waals surface area (Å²) in [5.74, 6) is 0.476. The standard InChI is InChI=1S/C21H18N2O4S/c1-14-11-15(2)13-16(12-14)22-20-21(23-19(27-20)18-9-6-10-26-18)28(24,25)17-7-4-3-5-8-17/h3-13,22H,1-2H3. The van der Waals surface area contributed by atoms with Gasteiger partial charge in [-0.2, -0.15) is 4.98 Å². The molecule has 0 aliphatic rings. The predicted molar refractivity (Wildman–Crippen MR) is 105 cm³/mol. The number of rotatable bonds is 5. The van der Waals surface area contributed by atoms with Crippen molar-refractivity contribution in [3.63, 3.8) is 0 Å². The minimum atomic E-state index is -3.89. The average molecular weight is 394 g/mol. The molecule has 0 atom stereocenters. The molecule has 0 bridgehead atoms. The topological polar surface area (TPSA) is 85.3 Å². The molecule has 2 aromatic carbocycles. The largest absolute Gasteiger partial charge is 0.459 e. The lowest BCUT2D eigenvalue weighted by Gasteiger charge is -2.08. The first kappa shape index (κ1) is 18.1. The Kier molecular flexibility index (Phi) is 4.52. The van der Waals surface area contributed by atoms with E-state index in [0.29, 0.717) is 11.4 Å². The number of furan rings is 1. The molecule has 6 nitrogen and oxygen atoms in total. The zero-order chi connectivity index (χ0) is 19.7. The third kappa shape index (κ3) is 3.44. The van der Waals surface area contributed by atoms with E-state index in [2.05, 4.69) is 10.3 Å². The summed E-state index contributed by atoms with van der Waals surface area (Å²) in [7, 11) is -3.89. The van der Waals surface area contributed by atoms with Crippen LogP contribution in [0.15, 0.2) is 85.7 Å². The second-order valence-corrected chi connectivity index (χ2v) is 8.31. The van der Waals surface area contributed by atoms with E-state index in [-0.39, 0.29) is 21.7 Å². The lowest BCUT2D eigenvalue weighted by molar-refractivity contribution is 0.524. The maximum atomic E-state index is 13.2. The van der Waals surface area contributed by atoms with Gasteiger partial charge in [-0.1, -0.05) is 24.3 Å². The highest BCUT2D eigenvalue weighted by atomic mass is 32.2. The summed E-state index contributed by atoms with van der Waals surface area (Å²) in [6, 6.07) is 17.3. The van der Waals surface area contributed by atoms with E-state index in [1.807, 2.05) is 32.0 Å². The van der Waals surface area contributed by atoms with E-state index in [1.165, 1.54) is 18.4 Å². The lowest BCUT2D eigenvalue weighted by atomic mass is 10.1. The fourth-order valence-electron chi connectivity index (χ4n) is 2.96. The Morgan fingerprint density at radius 3 is 2.29 bits per heavy atom. The highest BCUT2D eigenvalue weighted by Crippen LogP contribution is 2.34. The van der Waals surface area contributed by atoms with Gasteiger partial charge in [0.2, 0.25) is 20.7 Å². The third-order valence-electron chi connectivity index (χ3n) is 4.12. The Hall–Kier alpha value is -3.32. The molecule has 0 saturated carbocycles. The number of aryl methyl sites for hydroxylation is 2. The van der Waals surface area contributed by atoms with Crippen molar-refractivity contribution >= 4 is 21.4 Å². The molecule has 2 aromatic heterocycles. The third-order valence-corrected chi connectivity index (χ3v) is 5.79. The summed E-state index contributed by atoms with van der Waals surface area (Å²) in [6.07, 6.45) is 1.47. The molecule has 0 saturated heterocycles. The van der Waals surface area contributed by atoms with E-state index in [4.69, 9.17) is 8.83 Å². The van der Waals surface area contributed by atoms with Crippen LogP contribution in [-0.4, -0.2) is 13.4 Å². The Morgan fingerprint density at radius 1 is 0.929 bits per heavy atom. The molecule has 7 heteroatoms. The maximum Gasteiger partial charge on any atom is 0.266 e. The zero-order valence-electron chi connectivity index (χ0n) is 15.3. The van der Waals surface area contributed by atoms with Crippen molar-refractivity contribution in [1.29, 1.82) is 0 Å². The van der Waals surface area contributed by atoms with E-state index >= 15 is 0 Å². The number of hydrogen-bond acceptors (Lipinski definition) is 6. The fourth-order valence-corrected chi connectivity index (χ4v) is 4.24. The zero-order valence-corrected chi connectivity index (χ0v) is 16.2. The van der Waals surface area contributed by atoms with Gasteiger partial charge >= 0.3 is 0 Å². The second kappa shape index (κ2) is 7.01. The van der Waals surface area contributed by atoms with E-state index in [0.717, 1.165) is 11.1 Å². The molecule has 0 fully saturated rings. The highest BCUT2D eigenvalue weighted by molar-refractivity contribution is 7.91. The molecule has 0 unspecified atom stereocenters. The van der Waals surface area contributed by atoms with E-state index in [1.54, 1.807) is 30.3 Å². The van der Waals surface area contributed by atoms with Crippen LogP contribution in [-0.2, 0) is 9.84 Å². The van der Waals surface area contributed by atoms with Crippen molar-refractivity contribution < 1.29 is 17.3 Å². The minimum Gasteiger partial charge on any atom is -0.459 e. The molecular formula is C21H18N2O4S. The molecule has 142 valence electrons. The molecule has 0 aliphatic heterocycles. The molecule has 2 heterocycles. The lowest BCUT2D eigenvalue weighted by Crippen LogP contribution is -2.05. The fraction of sp³-hybridized carbons (Fsp3) is 0.0952. The molecule has 0 radical (unpaired) electrons. The number of oxazole rings is 1. The van der Waals surface area contributed by atoms with Crippen LogP contribution in [0.1, 0.15) is 11.1 Å². The van der Waals surface area contributed by atoms with Crippen LogP contribution in [0.2, 0.25) is 0 Å². The normalized spacial score (nSPS) is 11.5. The summed E-state index contributed by atoms with van der Waals surface area (Å²) >= 11 is 0. The average Bonchev–Trinajstić information content (AvgIpc) is 3.31. The van der Waals surface area contributed by atoms with Gasteiger partial charge in [-0.15, -0.1) is 0 Å². The van der Waals surface area contributed by atoms with Crippen molar-refractivity contribution in [2.75, 3.05) is 5.32 Å². The van der Waals surface area contributed by atoms with Crippen LogP contribution in [0.4, 0.5) is 11.6 Å². The SMILES string of the molecule is Cc1cc(C)cc(Nc2oc(-c3ccco3)nc2S(=O)(=O)c2ccccc2)c1. The smallest absolute Gasteiger partial charge is 0.266 e. The molecule has 4 rings (SSSR count). The number of aromatic nitrogens is 1. The highest BCUT2D eigenvalue weighted by Gasteiger charge is 2.29. The molecule has 28 heavy (non-hydrogen) atoms. The van der Waals surface area contributed by atoms with Crippen LogP contribution in [0, 0.1) is 13.8 Å². The van der Waals surface area contributed by atoms with E-state index < -0.39 is 9.84 Å². The van der Waals surface area contributed by atoms with Gasteiger partial charge in [0, 0.05) is 5.69 Å². The van der Waals surface area contributed by atoms with Crippen molar-refractivity contribution in [2.45, 2.75) is 23.8 Å². The van der Waals surface area contributed by atoms with Gasteiger partial charge < -0.3 is 14.2 Å². The summed E-state index contributed by atoms with van der Waals surface area (Å²) in [5.41, 5.74) is 2.80. The summed E-state index contributed by atoms with van der Waals surface area (Å²) < 4.78 is 37.4. The molecule has 0 amide bonds. The Labute approximate surface area is 162 Å². The minimum absolute atomic E-state index is 0.0419. The molecular weight excluding hydrogens is 376 g/mol. The number of nitrogens with one attached hydrogen (secondary N) is 1. The second-order valence-electron chi connectivity index (χ2n) is 6.45. The quantitative estimate of drug-likeness (QED) is 0.505. The van der Waals surface area contributed by atoms with Gasteiger partial charge in [0.15, 0.2) is 5.76 Å². The van der Waals surface area contributed by atoms with Gasteiger partial charge in [-0.05, 0) is 61.4 Å². The van der Waals surface area contributed by atoms with Gasteiger partial charge in [0.05, 0.1) is 11.2 Å². The van der Waals surface area contributed by atoms with Crippen LogP contribution in [0.3, 0.4) is 0 Å². The summed E-state index contributed by atoms with van der Waals surface area (Å²) in [4.78, 5) is 4.37. The van der Waals surface area contributed by atoms with Crippen molar-refractivity contribution in [3.8, 4) is 11.7 Å². The number of benzene rings is 2. The van der Waals surface area contributed by atoms with Crippen molar-refractivity contribution in [2.24, 2.45) is 0 Å². The first-order valence-electron chi connectivity index (χ1n) is 8.63. The number of anilines is 2. The summed E-state index contributed by atoms with van der Waals surface area (Å²) in [6.45, 7) is 3.93. The molecule has 0 spiro atoms. The Bertz CT molecular complexity index is 1190. The summed E-state index contributed by atoms with van der Waals surface area (Å²) in [5, 5.41) is 2.87. The van der Waals surface area contributed by atoms with Gasteiger partial charge in [0.1, 0.15) is 0 Å². The molecule has 1 N–H and O–H groups in total. The van der Waals surface area contributed by atoms with E-state index in [9.17, 15) is 8.42 Å². The van der Waals surface area contributed by atoms with Crippen LogP contribution >= 0.6 is 0 Å². The van der Waals surface area contributed by atoms with Gasteiger partial charge in [0.25, 0.3) is 5.89 Å². The monoisotopic (exact) mass is 394 g/mol. The van der Waals surface area contributed by atoms with Crippen LogP contribution in [0.5, 0.6) is 0 Å². The molecule has 4 aromatic rings. The van der Waals surface area contributed by atoms with Crippen molar-refractivity contribution in [1.82, 2.24) is 4.98 Å². The Balaban J connectivity index is 1.85. The van der Waals surface area contributed by atoms with Crippen molar-refractivity contribution in [3.05, 3.63) is 78.1 Å². The number of hydrogen-bond donors (Lipinski definition) is 1. The van der Waals surface area contributed by atoms with Crippen LogP contribution in [0.25, 0.3) is 11.7 Å². The number of sulfone groups is 1. The maximum absolute atomic E-state index is 13.2. The first-order chi connectivity index (χ1) is 13.4. The predicted octanol–water partition coefficient (Wildman–Crippen LogP) is 5.13. The molecule has 0 aliphatic carbocycles. The van der Waals surface area contributed by atoms with Gasteiger partial charge in [-0.3, -0.25) is 0 Å². The van der Waals surface area contributed by atoms with Gasteiger partial charge in [-0.25, -0.2) is 8.42 Å². The van der Waals surface area contributed by atoms with Crippen LogP contribution < -0.4 is 5.32 Å². The first-order valence-corrected chi connectivity index (χ1v) is 10.1.